The predicted octanol–water partition coefficient (Wildman–Crippen LogP) is 4.99. The third-order valence-electron chi connectivity index (χ3n) is 6.67. The van der Waals surface area contributed by atoms with Gasteiger partial charge in [-0.15, -0.1) is 0 Å². The quantitative estimate of drug-likeness (QED) is 0.538. The summed E-state index contributed by atoms with van der Waals surface area (Å²) in [5, 5.41) is 0.653. The van der Waals surface area contributed by atoms with E-state index < -0.39 is 0 Å². The van der Waals surface area contributed by atoms with Crippen molar-refractivity contribution in [3.05, 3.63) is 64.4 Å². The molecule has 0 radical (unpaired) electrons. The van der Waals surface area contributed by atoms with Crippen molar-refractivity contribution >= 4 is 17.5 Å². The maximum absolute atomic E-state index is 13.2. The van der Waals surface area contributed by atoms with Crippen molar-refractivity contribution in [2.24, 2.45) is 0 Å². The molecule has 5 nitrogen and oxygen atoms in total. The van der Waals surface area contributed by atoms with E-state index in [0.29, 0.717) is 17.3 Å². The van der Waals surface area contributed by atoms with Gasteiger partial charge in [-0.1, -0.05) is 30.7 Å². The molecule has 3 unspecified atom stereocenters. The first-order valence-corrected chi connectivity index (χ1v) is 12.0. The summed E-state index contributed by atoms with van der Waals surface area (Å²) in [6, 6.07) is 12.5. The molecule has 0 aromatic heterocycles. The number of amides is 1. The van der Waals surface area contributed by atoms with E-state index in [-0.39, 0.29) is 36.5 Å². The summed E-state index contributed by atoms with van der Waals surface area (Å²) < 4.78 is 19.2. The lowest BCUT2D eigenvalue weighted by Gasteiger charge is -2.44. The molecule has 3 rings (SSSR count). The van der Waals surface area contributed by atoms with Crippen LogP contribution in [0, 0.1) is 5.82 Å². The minimum atomic E-state index is -0.227. The second-order valence-electron chi connectivity index (χ2n) is 9.02. The SMILES string of the molecule is CCN(C)C(C)c1cc(Cl)ccc1OCC(=O)N1CC(C)N(Cc2ccc(F)cc2)CC1C. The summed E-state index contributed by atoms with van der Waals surface area (Å²) in [7, 11) is 2.05. The number of rotatable bonds is 8. The van der Waals surface area contributed by atoms with Gasteiger partial charge in [0.05, 0.1) is 0 Å². The fraction of sp³-hybridized carbons (Fsp3) is 0.500. The maximum Gasteiger partial charge on any atom is 0.260 e. The minimum absolute atomic E-state index is 0.00772. The van der Waals surface area contributed by atoms with Crippen LogP contribution in [0.4, 0.5) is 4.39 Å². The van der Waals surface area contributed by atoms with Gasteiger partial charge in [0.25, 0.3) is 5.91 Å². The summed E-state index contributed by atoms with van der Waals surface area (Å²) in [5.41, 5.74) is 2.05. The standard InChI is InChI=1S/C26H35ClFN3O2/c1-6-29(5)20(4)24-13-22(27)9-12-25(24)33-17-26(32)31-15-18(2)30(14-19(31)3)16-21-7-10-23(28)11-8-21/h7-13,18-20H,6,14-17H2,1-5H3. The van der Waals surface area contributed by atoms with E-state index in [1.54, 1.807) is 6.07 Å². The number of carbonyl (C=O) groups is 1. The maximum atomic E-state index is 13.2. The molecule has 2 aromatic rings. The number of hydrogen-bond donors (Lipinski definition) is 0. The monoisotopic (exact) mass is 475 g/mol. The van der Waals surface area contributed by atoms with Crippen LogP contribution >= 0.6 is 11.6 Å². The van der Waals surface area contributed by atoms with Crippen LogP contribution in [-0.2, 0) is 11.3 Å². The molecular weight excluding hydrogens is 441 g/mol. The lowest BCUT2D eigenvalue weighted by Crippen LogP contribution is -2.58. The lowest BCUT2D eigenvalue weighted by atomic mass is 10.1. The first-order valence-electron chi connectivity index (χ1n) is 11.6. The van der Waals surface area contributed by atoms with Gasteiger partial charge in [0.15, 0.2) is 6.61 Å². The van der Waals surface area contributed by atoms with Crippen molar-refractivity contribution < 1.29 is 13.9 Å². The van der Waals surface area contributed by atoms with Gasteiger partial charge < -0.3 is 9.64 Å². The van der Waals surface area contributed by atoms with Gasteiger partial charge in [-0.2, -0.15) is 0 Å². The molecule has 1 fully saturated rings. The van der Waals surface area contributed by atoms with Gasteiger partial charge in [-0.25, -0.2) is 4.39 Å². The predicted molar refractivity (Wildman–Crippen MR) is 131 cm³/mol. The number of piperazine rings is 1. The van der Waals surface area contributed by atoms with Crippen LogP contribution in [0.25, 0.3) is 0 Å². The topological polar surface area (TPSA) is 36.0 Å². The highest BCUT2D eigenvalue weighted by atomic mass is 35.5. The fourth-order valence-electron chi connectivity index (χ4n) is 4.30. The van der Waals surface area contributed by atoms with Crippen molar-refractivity contribution in [1.82, 2.24) is 14.7 Å². The van der Waals surface area contributed by atoms with Crippen LogP contribution in [0.5, 0.6) is 5.75 Å². The third-order valence-corrected chi connectivity index (χ3v) is 6.90. The van der Waals surface area contributed by atoms with Crippen molar-refractivity contribution in [2.75, 3.05) is 33.3 Å². The van der Waals surface area contributed by atoms with E-state index in [1.807, 2.05) is 29.2 Å². The Bertz CT molecular complexity index is 940. The number of ether oxygens (including phenoxy) is 1. The molecule has 1 aliphatic rings. The second kappa shape index (κ2) is 11.3. The van der Waals surface area contributed by atoms with Crippen LogP contribution in [0.3, 0.4) is 0 Å². The lowest BCUT2D eigenvalue weighted by molar-refractivity contribution is -0.139. The highest BCUT2D eigenvalue weighted by molar-refractivity contribution is 6.30. The molecule has 7 heteroatoms. The highest BCUT2D eigenvalue weighted by Gasteiger charge is 2.32. The summed E-state index contributed by atoms with van der Waals surface area (Å²) >= 11 is 6.24. The van der Waals surface area contributed by atoms with Gasteiger partial charge in [0.2, 0.25) is 0 Å². The average Bonchev–Trinajstić information content (AvgIpc) is 2.80. The van der Waals surface area contributed by atoms with Crippen LogP contribution in [0.2, 0.25) is 5.02 Å². The molecule has 0 aliphatic carbocycles. The molecule has 33 heavy (non-hydrogen) atoms. The Hall–Kier alpha value is -2.15. The van der Waals surface area contributed by atoms with Gasteiger partial charge in [0.1, 0.15) is 11.6 Å². The zero-order chi connectivity index (χ0) is 24.1. The molecular formula is C26H35ClFN3O2. The molecule has 0 spiro atoms. The normalized spacial score (nSPS) is 20.2. The van der Waals surface area contributed by atoms with Gasteiger partial charge in [-0.3, -0.25) is 14.6 Å². The molecule has 1 heterocycles. The van der Waals surface area contributed by atoms with Crippen LogP contribution < -0.4 is 4.74 Å². The second-order valence-corrected chi connectivity index (χ2v) is 9.46. The molecule has 1 saturated heterocycles. The van der Waals surface area contributed by atoms with Crippen molar-refractivity contribution in [3.8, 4) is 5.75 Å². The molecule has 1 aliphatic heterocycles. The number of nitrogens with zero attached hydrogens (tertiary/aromatic N) is 3. The zero-order valence-corrected chi connectivity index (χ0v) is 21.0. The Balaban J connectivity index is 1.62. The van der Waals surface area contributed by atoms with E-state index in [1.165, 1.54) is 12.1 Å². The summed E-state index contributed by atoms with van der Waals surface area (Å²) in [4.78, 5) is 19.5. The third kappa shape index (κ3) is 6.46. The number of benzene rings is 2. The van der Waals surface area contributed by atoms with Gasteiger partial charge in [-0.05, 0) is 70.3 Å². The van der Waals surface area contributed by atoms with E-state index >= 15 is 0 Å². The van der Waals surface area contributed by atoms with Crippen LogP contribution in [0.1, 0.15) is 44.9 Å². The Morgan fingerprint density at radius 1 is 1.18 bits per heavy atom. The largest absolute Gasteiger partial charge is 0.483 e. The summed E-state index contributed by atoms with van der Waals surface area (Å²) in [6.07, 6.45) is 0. The average molecular weight is 476 g/mol. The number of carbonyl (C=O) groups excluding carboxylic acids is 1. The Kier molecular flexibility index (Phi) is 8.74. The smallest absolute Gasteiger partial charge is 0.260 e. The summed E-state index contributed by atoms with van der Waals surface area (Å²) in [5.74, 6) is 0.444. The Morgan fingerprint density at radius 3 is 2.55 bits per heavy atom. The van der Waals surface area contributed by atoms with Crippen molar-refractivity contribution in [2.45, 2.75) is 52.4 Å². The van der Waals surface area contributed by atoms with E-state index in [0.717, 1.165) is 30.8 Å². The first kappa shape index (κ1) is 25.5. The zero-order valence-electron chi connectivity index (χ0n) is 20.2. The highest BCUT2D eigenvalue weighted by Crippen LogP contribution is 2.31. The Labute approximate surface area is 202 Å². The van der Waals surface area contributed by atoms with E-state index in [9.17, 15) is 9.18 Å². The van der Waals surface area contributed by atoms with Crippen LogP contribution in [-0.4, -0.2) is 66.0 Å². The molecule has 1 amide bonds. The molecule has 2 aromatic carbocycles. The van der Waals surface area contributed by atoms with Gasteiger partial charge >= 0.3 is 0 Å². The van der Waals surface area contributed by atoms with Crippen LogP contribution in [0.15, 0.2) is 42.5 Å². The van der Waals surface area contributed by atoms with Crippen molar-refractivity contribution in [1.29, 1.82) is 0 Å². The summed E-state index contributed by atoms with van der Waals surface area (Å²) in [6.45, 7) is 11.4. The molecule has 0 bridgehead atoms. The fourth-order valence-corrected chi connectivity index (χ4v) is 4.48. The minimum Gasteiger partial charge on any atom is -0.483 e. The van der Waals surface area contributed by atoms with Crippen molar-refractivity contribution in [3.63, 3.8) is 0 Å². The van der Waals surface area contributed by atoms with Gasteiger partial charge in [0, 0.05) is 48.3 Å². The molecule has 0 N–H and O–H groups in total. The number of hydrogen-bond acceptors (Lipinski definition) is 4. The molecule has 180 valence electrons. The van der Waals surface area contributed by atoms with E-state index in [2.05, 4.69) is 44.5 Å². The Morgan fingerprint density at radius 2 is 1.88 bits per heavy atom. The molecule has 0 saturated carbocycles. The van der Waals surface area contributed by atoms with E-state index in [4.69, 9.17) is 16.3 Å². The molecule has 3 atom stereocenters. The first-order chi connectivity index (χ1) is 15.7. The number of halogens is 2.